The smallest absolute Gasteiger partial charge is 0.216 e. The monoisotopic (exact) mass is 466 g/mol. The minimum atomic E-state index is -0.523. The largest absolute Gasteiger partial charge is 0.491 e. The first-order valence-electron chi connectivity index (χ1n) is 11.5. The summed E-state index contributed by atoms with van der Waals surface area (Å²) in [5.41, 5.74) is 2.00. The zero-order valence-corrected chi connectivity index (χ0v) is 19.7. The summed E-state index contributed by atoms with van der Waals surface area (Å²) in [6, 6.07) is 16.2. The van der Waals surface area contributed by atoms with Crippen LogP contribution in [0.1, 0.15) is 10.6 Å². The minimum absolute atomic E-state index is 0.185. The van der Waals surface area contributed by atoms with Gasteiger partial charge in [0.25, 0.3) is 0 Å². The molecule has 3 heterocycles. The molecule has 2 atom stereocenters. The van der Waals surface area contributed by atoms with E-state index in [1.165, 1.54) is 0 Å². The number of aliphatic hydroxyl groups is 1. The van der Waals surface area contributed by atoms with E-state index in [0.29, 0.717) is 13.2 Å². The number of aryl methyl sites for hydroxylation is 1. The standard InChI is InChI=1S/C25H30N4O3S/c1-18-26-23-13-22(7-8-24(23)33-18)31-17-21(30)15-29-11-9-28(10-12-29)14-20-16-32-25(27-20)19-5-3-2-4-6-19/h2-8,13,20-21,30H,9-12,14-17H2,1H3/t20-,21+/m0/s1. The van der Waals surface area contributed by atoms with Crippen LogP contribution in [0.5, 0.6) is 5.75 Å². The van der Waals surface area contributed by atoms with Crippen molar-refractivity contribution in [1.82, 2.24) is 14.8 Å². The van der Waals surface area contributed by atoms with Crippen LogP contribution in [-0.2, 0) is 4.74 Å². The molecule has 3 aromatic rings. The Morgan fingerprint density at radius 1 is 1.12 bits per heavy atom. The quantitative estimate of drug-likeness (QED) is 0.551. The summed E-state index contributed by atoms with van der Waals surface area (Å²) < 4.78 is 12.8. The second-order valence-corrected chi connectivity index (χ2v) is 9.93. The van der Waals surface area contributed by atoms with E-state index in [0.717, 1.165) is 65.2 Å². The van der Waals surface area contributed by atoms with Crippen LogP contribution < -0.4 is 4.74 Å². The van der Waals surface area contributed by atoms with Crippen molar-refractivity contribution in [3.8, 4) is 5.75 Å². The lowest BCUT2D eigenvalue weighted by molar-refractivity contribution is 0.0446. The number of aliphatic hydroxyl groups excluding tert-OH is 1. The Balaban J connectivity index is 1.04. The Kier molecular flexibility index (Phi) is 6.87. The molecule has 0 unspecified atom stereocenters. The molecule has 1 aromatic heterocycles. The molecule has 2 aliphatic rings. The molecule has 0 bridgehead atoms. The molecule has 1 fully saturated rings. The second-order valence-electron chi connectivity index (χ2n) is 8.69. The van der Waals surface area contributed by atoms with Gasteiger partial charge in [-0.25, -0.2) is 9.98 Å². The van der Waals surface area contributed by atoms with Crippen LogP contribution >= 0.6 is 11.3 Å². The second kappa shape index (κ2) is 10.2. The van der Waals surface area contributed by atoms with Gasteiger partial charge in [-0.1, -0.05) is 18.2 Å². The normalized spacial score (nSPS) is 20.5. The van der Waals surface area contributed by atoms with E-state index < -0.39 is 6.10 Å². The molecule has 1 saturated heterocycles. The van der Waals surface area contributed by atoms with Gasteiger partial charge in [-0.3, -0.25) is 9.80 Å². The van der Waals surface area contributed by atoms with Gasteiger partial charge in [-0.05, 0) is 31.2 Å². The minimum Gasteiger partial charge on any atom is -0.491 e. The van der Waals surface area contributed by atoms with E-state index in [4.69, 9.17) is 14.5 Å². The number of hydrogen-bond acceptors (Lipinski definition) is 8. The number of β-amino-alcohol motifs (C(OH)–C–C–N with tert-alkyl or cyclic N) is 1. The lowest BCUT2D eigenvalue weighted by atomic mass is 10.2. The summed E-state index contributed by atoms with van der Waals surface area (Å²) in [6.45, 7) is 8.28. The molecule has 8 heteroatoms. The highest BCUT2D eigenvalue weighted by Gasteiger charge is 2.25. The van der Waals surface area contributed by atoms with E-state index in [-0.39, 0.29) is 12.6 Å². The Labute approximate surface area is 198 Å². The number of ether oxygens (including phenoxy) is 2. The summed E-state index contributed by atoms with van der Waals surface area (Å²) >= 11 is 1.68. The number of aromatic nitrogens is 1. The lowest BCUT2D eigenvalue weighted by Gasteiger charge is -2.36. The molecule has 0 saturated carbocycles. The fraction of sp³-hybridized carbons (Fsp3) is 0.440. The predicted octanol–water partition coefficient (Wildman–Crippen LogP) is 2.81. The number of hydrogen-bond donors (Lipinski definition) is 1. The topological polar surface area (TPSA) is 70.4 Å². The maximum Gasteiger partial charge on any atom is 0.216 e. The Hall–Kier alpha value is -2.52. The number of fused-ring (bicyclic) bond motifs is 1. The fourth-order valence-electron chi connectivity index (χ4n) is 4.36. The van der Waals surface area contributed by atoms with Crippen molar-refractivity contribution in [2.75, 3.05) is 52.5 Å². The zero-order valence-electron chi connectivity index (χ0n) is 18.9. The van der Waals surface area contributed by atoms with Gasteiger partial charge in [0.1, 0.15) is 31.1 Å². The van der Waals surface area contributed by atoms with Crippen molar-refractivity contribution in [3.05, 3.63) is 59.1 Å². The molecule has 2 aromatic carbocycles. The Morgan fingerprint density at radius 2 is 1.91 bits per heavy atom. The number of nitrogens with zero attached hydrogens (tertiary/aromatic N) is 4. The summed E-state index contributed by atoms with van der Waals surface area (Å²) in [5.74, 6) is 1.51. The zero-order chi connectivity index (χ0) is 22.6. The van der Waals surface area contributed by atoms with E-state index in [1.54, 1.807) is 11.3 Å². The van der Waals surface area contributed by atoms with Crippen molar-refractivity contribution in [2.45, 2.75) is 19.1 Å². The maximum atomic E-state index is 10.5. The number of piperazine rings is 1. The van der Waals surface area contributed by atoms with Gasteiger partial charge in [0.05, 0.1) is 15.2 Å². The molecule has 33 heavy (non-hydrogen) atoms. The first kappa shape index (κ1) is 22.3. The first-order chi connectivity index (χ1) is 16.1. The Morgan fingerprint density at radius 3 is 2.73 bits per heavy atom. The van der Waals surface area contributed by atoms with Crippen LogP contribution in [0.25, 0.3) is 10.2 Å². The average molecular weight is 467 g/mol. The predicted molar refractivity (Wildman–Crippen MR) is 131 cm³/mol. The third-order valence-electron chi connectivity index (χ3n) is 6.04. The highest BCUT2D eigenvalue weighted by Crippen LogP contribution is 2.25. The summed E-state index contributed by atoms with van der Waals surface area (Å²) in [5, 5.41) is 11.5. The van der Waals surface area contributed by atoms with Crippen LogP contribution in [0.2, 0.25) is 0 Å². The van der Waals surface area contributed by atoms with Crippen molar-refractivity contribution in [2.24, 2.45) is 4.99 Å². The molecule has 1 N–H and O–H groups in total. The van der Waals surface area contributed by atoms with E-state index in [2.05, 4.69) is 14.8 Å². The van der Waals surface area contributed by atoms with Gasteiger partial charge in [0.15, 0.2) is 0 Å². The van der Waals surface area contributed by atoms with Crippen LogP contribution in [-0.4, -0.2) is 90.4 Å². The fourth-order valence-corrected chi connectivity index (χ4v) is 5.16. The third-order valence-corrected chi connectivity index (χ3v) is 7.00. The van der Waals surface area contributed by atoms with Gasteiger partial charge in [-0.2, -0.15) is 0 Å². The van der Waals surface area contributed by atoms with Crippen molar-refractivity contribution in [1.29, 1.82) is 0 Å². The average Bonchev–Trinajstić information content (AvgIpc) is 3.45. The molecule has 0 aliphatic carbocycles. The van der Waals surface area contributed by atoms with Gasteiger partial charge < -0.3 is 14.6 Å². The molecular formula is C25H30N4O3S. The van der Waals surface area contributed by atoms with Gasteiger partial charge >= 0.3 is 0 Å². The van der Waals surface area contributed by atoms with Crippen LogP contribution in [0, 0.1) is 6.92 Å². The molecule has 0 radical (unpaired) electrons. The number of rotatable bonds is 8. The maximum absolute atomic E-state index is 10.5. The third kappa shape index (κ3) is 5.70. The van der Waals surface area contributed by atoms with Crippen molar-refractivity contribution < 1.29 is 14.6 Å². The number of benzene rings is 2. The van der Waals surface area contributed by atoms with E-state index in [1.807, 2.05) is 55.5 Å². The van der Waals surface area contributed by atoms with Crippen LogP contribution in [0.3, 0.4) is 0 Å². The van der Waals surface area contributed by atoms with Gasteiger partial charge in [-0.15, -0.1) is 11.3 Å². The van der Waals surface area contributed by atoms with E-state index >= 15 is 0 Å². The lowest BCUT2D eigenvalue weighted by Crippen LogP contribution is -2.50. The molecule has 0 spiro atoms. The van der Waals surface area contributed by atoms with Crippen LogP contribution in [0.4, 0.5) is 0 Å². The molecule has 0 amide bonds. The molecule has 174 valence electrons. The van der Waals surface area contributed by atoms with Crippen molar-refractivity contribution >= 4 is 27.5 Å². The summed E-state index contributed by atoms with van der Waals surface area (Å²) in [6.07, 6.45) is -0.523. The highest BCUT2D eigenvalue weighted by atomic mass is 32.1. The molecule has 5 rings (SSSR count). The summed E-state index contributed by atoms with van der Waals surface area (Å²) in [7, 11) is 0. The van der Waals surface area contributed by atoms with Crippen LogP contribution in [0.15, 0.2) is 53.5 Å². The summed E-state index contributed by atoms with van der Waals surface area (Å²) in [4.78, 5) is 14.0. The first-order valence-corrected chi connectivity index (χ1v) is 12.3. The van der Waals surface area contributed by atoms with Gasteiger partial charge in [0.2, 0.25) is 5.90 Å². The number of aliphatic imine (C=N–C) groups is 1. The Bertz CT molecular complexity index is 1100. The van der Waals surface area contributed by atoms with E-state index in [9.17, 15) is 5.11 Å². The highest BCUT2D eigenvalue weighted by molar-refractivity contribution is 7.18. The molecule has 7 nitrogen and oxygen atoms in total. The molecule has 2 aliphatic heterocycles. The van der Waals surface area contributed by atoms with Crippen molar-refractivity contribution in [3.63, 3.8) is 0 Å². The molecular weight excluding hydrogens is 436 g/mol. The number of thiazole rings is 1. The SMILES string of the molecule is Cc1nc2cc(OC[C@H](O)CN3CCN(C[C@H]4COC(c5ccccc5)=N4)CC3)ccc2s1. The van der Waals surface area contributed by atoms with Gasteiger partial charge in [0, 0.05) is 50.9 Å².